The van der Waals surface area contributed by atoms with Crippen LogP contribution in [0.15, 0.2) is 18.2 Å². The first kappa shape index (κ1) is 11.3. The van der Waals surface area contributed by atoms with E-state index in [1.165, 1.54) is 11.3 Å². The molecule has 0 saturated carbocycles. The number of hydrogen-bond acceptors (Lipinski definition) is 3. The summed E-state index contributed by atoms with van der Waals surface area (Å²) in [4.78, 5) is 2.34. The van der Waals surface area contributed by atoms with Gasteiger partial charge in [-0.15, -0.1) is 0 Å². The van der Waals surface area contributed by atoms with Gasteiger partial charge in [-0.1, -0.05) is 13.8 Å². The number of hydrogen-bond donors (Lipinski definition) is 1. The van der Waals surface area contributed by atoms with Crippen LogP contribution in [0.5, 0.6) is 0 Å². The summed E-state index contributed by atoms with van der Waals surface area (Å²) in [5.74, 6) is 0.517. The zero-order valence-electron chi connectivity index (χ0n) is 10.1. The minimum absolute atomic E-state index is 0.517. The Hall–Kier alpha value is -1.22. The van der Waals surface area contributed by atoms with Gasteiger partial charge in [-0.2, -0.15) is 0 Å². The monoisotopic (exact) mass is 220 g/mol. The third-order valence-corrected chi connectivity index (χ3v) is 3.01. The molecule has 0 unspecified atom stereocenters. The number of nitrogens with zero attached hydrogens (tertiary/aromatic N) is 1. The Morgan fingerprint density at radius 2 is 1.88 bits per heavy atom. The normalized spacial score (nSPS) is 16.8. The summed E-state index contributed by atoms with van der Waals surface area (Å²) < 4.78 is 5.36. The number of morpholine rings is 1. The fourth-order valence-electron chi connectivity index (χ4n) is 2.00. The molecule has 88 valence electrons. The van der Waals surface area contributed by atoms with Crippen molar-refractivity contribution in [1.82, 2.24) is 0 Å². The molecule has 0 aromatic heterocycles. The van der Waals surface area contributed by atoms with Gasteiger partial charge < -0.3 is 15.4 Å². The molecule has 1 aliphatic heterocycles. The molecule has 2 rings (SSSR count). The van der Waals surface area contributed by atoms with Gasteiger partial charge in [-0.25, -0.2) is 0 Å². The predicted octanol–water partition coefficient (Wildman–Crippen LogP) is 2.23. The zero-order valence-corrected chi connectivity index (χ0v) is 10.1. The van der Waals surface area contributed by atoms with Gasteiger partial charge in [0.05, 0.1) is 13.2 Å². The summed E-state index contributed by atoms with van der Waals surface area (Å²) in [5.41, 5.74) is 9.34. The number of rotatable bonds is 2. The lowest BCUT2D eigenvalue weighted by molar-refractivity contribution is 0.122. The predicted molar refractivity (Wildman–Crippen MR) is 68.0 cm³/mol. The molecule has 1 saturated heterocycles. The van der Waals surface area contributed by atoms with Gasteiger partial charge >= 0.3 is 0 Å². The van der Waals surface area contributed by atoms with Crippen LogP contribution in [0.3, 0.4) is 0 Å². The van der Waals surface area contributed by atoms with Crippen molar-refractivity contribution in [3.8, 4) is 0 Å². The summed E-state index contributed by atoms with van der Waals surface area (Å²) in [7, 11) is 0. The second kappa shape index (κ2) is 4.74. The van der Waals surface area contributed by atoms with Crippen LogP contribution >= 0.6 is 0 Å². The van der Waals surface area contributed by atoms with Crippen LogP contribution in [0.1, 0.15) is 25.3 Å². The Balaban J connectivity index is 2.25. The van der Waals surface area contributed by atoms with Crippen molar-refractivity contribution >= 4 is 11.4 Å². The molecular weight excluding hydrogens is 200 g/mol. The molecular formula is C13H20N2O. The summed E-state index contributed by atoms with van der Waals surface area (Å²) in [6, 6.07) is 6.36. The van der Waals surface area contributed by atoms with Crippen molar-refractivity contribution in [3.05, 3.63) is 23.8 Å². The second-order valence-electron chi connectivity index (χ2n) is 4.61. The van der Waals surface area contributed by atoms with E-state index < -0.39 is 0 Å². The first-order chi connectivity index (χ1) is 7.66. The van der Waals surface area contributed by atoms with Gasteiger partial charge in [-0.05, 0) is 29.7 Å². The van der Waals surface area contributed by atoms with E-state index in [-0.39, 0.29) is 0 Å². The van der Waals surface area contributed by atoms with E-state index in [4.69, 9.17) is 10.5 Å². The van der Waals surface area contributed by atoms with Gasteiger partial charge in [0, 0.05) is 24.5 Å². The molecule has 1 aromatic carbocycles. The Bertz CT molecular complexity index is 357. The topological polar surface area (TPSA) is 38.5 Å². The van der Waals surface area contributed by atoms with Gasteiger partial charge in [0.15, 0.2) is 0 Å². The molecule has 3 nitrogen and oxygen atoms in total. The van der Waals surface area contributed by atoms with Crippen molar-refractivity contribution < 1.29 is 4.74 Å². The maximum atomic E-state index is 5.95. The molecule has 0 bridgehead atoms. The minimum atomic E-state index is 0.517. The van der Waals surface area contributed by atoms with Crippen LogP contribution in [-0.2, 0) is 4.74 Å². The number of nitrogens with two attached hydrogens (primary N) is 1. The van der Waals surface area contributed by atoms with Gasteiger partial charge in [0.2, 0.25) is 0 Å². The Morgan fingerprint density at radius 1 is 1.19 bits per heavy atom. The molecule has 16 heavy (non-hydrogen) atoms. The fourth-order valence-corrected chi connectivity index (χ4v) is 2.00. The van der Waals surface area contributed by atoms with Crippen molar-refractivity contribution in [2.45, 2.75) is 19.8 Å². The van der Waals surface area contributed by atoms with E-state index in [2.05, 4.69) is 36.9 Å². The van der Waals surface area contributed by atoms with E-state index in [0.717, 1.165) is 32.0 Å². The highest BCUT2D eigenvalue weighted by atomic mass is 16.5. The molecule has 1 aromatic rings. The number of anilines is 2. The molecule has 0 atom stereocenters. The average Bonchev–Trinajstić information content (AvgIpc) is 2.29. The Kier molecular flexibility index (Phi) is 3.34. The second-order valence-corrected chi connectivity index (χ2v) is 4.61. The maximum Gasteiger partial charge on any atom is 0.0642 e. The van der Waals surface area contributed by atoms with E-state index in [1.54, 1.807) is 0 Å². The van der Waals surface area contributed by atoms with Crippen LogP contribution < -0.4 is 10.6 Å². The van der Waals surface area contributed by atoms with Crippen molar-refractivity contribution in [3.63, 3.8) is 0 Å². The summed E-state index contributed by atoms with van der Waals surface area (Å²) in [6.45, 7) is 7.93. The first-order valence-corrected chi connectivity index (χ1v) is 5.90. The van der Waals surface area contributed by atoms with Crippen LogP contribution in [-0.4, -0.2) is 26.3 Å². The average molecular weight is 220 g/mol. The van der Waals surface area contributed by atoms with Crippen LogP contribution in [0, 0.1) is 0 Å². The van der Waals surface area contributed by atoms with Crippen LogP contribution in [0.2, 0.25) is 0 Å². The quantitative estimate of drug-likeness (QED) is 0.777. The Morgan fingerprint density at radius 3 is 2.50 bits per heavy atom. The molecule has 1 aliphatic rings. The fraction of sp³-hybridized carbons (Fsp3) is 0.538. The molecule has 0 amide bonds. The number of ether oxygens (including phenoxy) is 1. The van der Waals surface area contributed by atoms with E-state index in [1.807, 2.05) is 0 Å². The first-order valence-electron chi connectivity index (χ1n) is 5.90. The molecule has 1 heterocycles. The van der Waals surface area contributed by atoms with Crippen molar-refractivity contribution in [2.24, 2.45) is 0 Å². The molecule has 0 spiro atoms. The molecule has 3 heteroatoms. The highest BCUT2D eigenvalue weighted by Gasteiger charge is 2.12. The number of nitrogen functional groups attached to an aromatic ring is 1. The largest absolute Gasteiger partial charge is 0.399 e. The van der Waals surface area contributed by atoms with Gasteiger partial charge in [-0.3, -0.25) is 0 Å². The lowest BCUT2D eigenvalue weighted by Gasteiger charge is -2.29. The highest BCUT2D eigenvalue weighted by molar-refractivity contribution is 5.59. The number of benzene rings is 1. The van der Waals surface area contributed by atoms with Crippen molar-refractivity contribution in [1.29, 1.82) is 0 Å². The zero-order chi connectivity index (χ0) is 11.5. The van der Waals surface area contributed by atoms with Gasteiger partial charge in [0.25, 0.3) is 0 Å². The third-order valence-electron chi connectivity index (χ3n) is 3.01. The van der Waals surface area contributed by atoms with Crippen LogP contribution in [0.4, 0.5) is 11.4 Å². The highest BCUT2D eigenvalue weighted by Crippen LogP contribution is 2.25. The lowest BCUT2D eigenvalue weighted by atomic mass is 10.0. The Labute approximate surface area is 97.2 Å². The SMILES string of the molecule is CC(C)c1cc(N)cc(N2CCOCC2)c1. The molecule has 1 fully saturated rings. The lowest BCUT2D eigenvalue weighted by Crippen LogP contribution is -2.36. The van der Waals surface area contributed by atoms with Crippen LogP contribution in [0.25, 0.3) is 0 Å². The van der Waals surface area contributed by atoms with E-state index in [0.29, 0.717) is 5.92 Å². The van der Waals surface area contributed by atoms with E-state index in [9.17, 15) is 0 Å². The minimum Gasteiger partial charge on any atom is -0.399 e. The summed E-state index contributed by atoms with van der Waals surface area (Å²) in [6.07, 6.45) is 0. The standard InChI is InChI=1S/C13H20N2O/c1-10(2)11-7-12(14)9-13(8-11)15-3-5-16-6-4-15/h7-10H,3-6,14H2,1-2H3. The summed E-state index contributed by atoms with van der Waals surface area (Å²) in [5, 5.41) is 0. The third kappa shape index (κ3) is 2.47. The molecule has 0 radical (unpaired) electrons. The van der Waals surface area contributed by atoms with Gasteiger partial charge in [0.1, 0.15) is 0 Å². The summed E-state index contributed by atoms with van der Waals surface area (Å²) >= 11 is 0. The van der Waals surface area contributed by atoms with Crippen molar-refractivity contribution in [2.75, 3.05) is 36.9 Å². The maximum absolute atomic E-state index is 5.95. The molecule has 0 aliphatic carbocycles. The molecule has 2 N–H and O–H groups in total. The van der Waals surface area contributed by atoms with E-state index >= 15 is 0 Å². The smallest absolute Gasteiger partial charge is 0.0642 e.